The molecule has 0 aliphatic heterocycles. The van der Waals surface area contributed by atoms with Crippen LogP contribution in [0.4, 0.5) is 5.69 Å². The van der Waals surface area contributed by atoms with E-state index in [2.05, 4.69) is 20.8 Å². The Labute approximate surface area is 185 Å². The first-order valence-corrected chi connectivity index (χ1v) is 10.9. The van der Waals surface area contributed by atoms with E-state index in [1.165, 1.54) is 19.3 Å². The lowest BCUT2D eigenvalue weighted by atomic mass is 9.95. The molecule has 1 N–H and O–H groups in total. The van der Waals surface area contributed by atoms with Gasteiger partial charge in [-0.15, -0.1) is 5.10 Å². The SMILES string of the molecule is Cc1ccc(NC(c2ccc(Cl)cc2Cl)c2nnnn2C2CCCCC2)cc1Cl. The molecular formula is C21H22Cl3N5. The highest BCUT2D eigenvalue weighted by molar-refractivity contribution is 6.35. The molecular weight excluding hydrogens is 429 g/mol. The summed E-state index contributed by atoms with van der Waals surface area (Å²) in [6, 6.07) is 11.3. The summed E-state index contributed by atoms with van der Waals surface area (Å²) in [4.78, 5) is 0. The third-order valence-electron chi connectivity index (χ3n) is 5.45. The van der Waals surface area contributed by atoms with Crippen LogP contribution in [0.1, 0.15) is 61.1 Å². The minimum atomic E-state index is -0.338. The molecule has 0 spiro atoms. The van der Waals surface area contributed by atoms with Gasteiger partial charge in [0.05, 0.1) is 6.04 Å². The lowest BCUT2D eigenvalue weighted by Crippen LogP contribution is -2.23. The van der Waals surface area contributed by atoms with Crippen LogP contribution >= 0.6 is 34.8 Å². The van der Waals surface area contributed by atoms with Gasteiger partial charge < -0.3 is 5.32 Å². The van der Waals surface area contributed by atoms with Crippen LogP contribution in [0.15, 0.2) is 36.4 Å². The minimum Gasteiger partial charge on any atom is -0.371 e. The summed E-state index contributed by atoms with van der Waals surface area (Å²) in [7, 11) is 0. The second kappa shape index (κ2) is 8.90. The Bertz CT molecular complexity index is 998. The van der Waals surface area contributed by atoms with Crippen molar-refractivity contribution in [2.75, 3.05) is 5.32 Å². The van der Waals surface area contributed by atoms with Crippen molar-refractivity contribution in [1.29, 1.82) is 0 Å². The molecule has 1 aliphatic rings. The summed E-state index contributed by atoms with van der Waals surface area (Å²) in [5, 5.41) is 18.1. The van der Waals surface area contributed by atoms with Crippen LogP contribution in [-0.2, 0) is 0 Å². The Balaban J connectivity index is 1.76. The van der Waals surface area contributed by atoms with Gasteiger partial charge in [-0.25, -0.2) is 4.68 Å². The number of aromatic nitrogens is 4. The molecule has 2 aromatic carbocycles. The van der Waals surface area contributed by atoms with E-state index in [-0.39, 0.29) is 6.04 Å². The van der Waals surface area contributed by atoms with Crippen LogP contribution in [0.5, 0.6) is 0 Å². The third kappa shape index (κ3) is 4.52. The first kappa shape index (κ1) is 20.5. The predicted molar refractivity (Wildman–Crippen MR) is 118 cm³/mol. The maximum absolute atomic E-state index is 6.57. The van der Waals surface area contributed by atoms with E-state index in [1.54, 1.807) is 6.07 Å². The summed E-state index contributed by atoms with van der Waals surface area (Å²) in [6.45, 7) is 1.98. The van der Waals surface area contributed by atoms with Gasteiger partial charge in [-0.2, -0.15) is 0 Å². The van der Waals surface area contributed by atoms with Gasteiger partial charge in [0.25, 0.3) is 0 Å². The Morgan fingerprint density at radius 2 is 1.79 bits per heavy atom. The Morgan fingerprint density at radius 1 is 1.00 bits per heavy atom. The molecule has 0 saturated heterocycles. The van der Waals surface area contributed by atoms with Gasteiger partial charge in [-0.3, -0.25) is 0 Å². The van der Waals surface area contributed by atoms with Crippen LogP contribution in [0.2, 0.25) is 15.1 Å². The Hall–Kier alpha value is -1.82. The highest BCUT2D eigenvalue weighted by atomic mass is 35.5. The van der Waals surface area contributed by atoms with Crippen LogP contribution in [-0.4, -0.2) is 20.2 Å². The summed E-state index contributed by atoms with van der Waals surface area (Å²) in [6.07, 6.45) is 5.81. The van der Waals surface area contributed by atoms with Crippen LogP contribution < -0.4 is 5.32 Å². The summed E-state index contributed by atoms with van der Waals surface area (Å²) in [5.74, 6) is 0.734. The number of benzene rings is 2. The standard InChI is InChI=1S/C21H22Cl3N5/c1-13-7-9-15(12-18(13)23)25-20(17-10-8-14(22)11-19(17)24)21-26-27-28-29(21)16-5-3-2-4-6-16/h7-12,16,20,25H,2-6H2,1H3. The number of tetrazole rings is 1. The predicted octanol–water partition coefficient (Wildman–Crippen LogP) is 6.65. The molecule has 1 aliphatic carbocycles. The van der Waals surface area contributed by atoms with Gasteiger partial charge in [-0.1, -0.05) is 66.2 Å². The van der Waals surface area contributed by atoms with Crippen molar-refractivity contribution in [2.45, 2.75) is 51.1 Å². The van der Waals surface area contributed by atoms with Gasteiger partial charge in [0.1, 0.15) is 6.04 Å². The highest BCUT2D eigenvalue weighted by Crippen LogP contribution is 2.36. The van der Waals surface area contributed by atoms with Crippen molar-refractivity contribution in [3.63, 3.8) is 0 Å². The monoisotopic (exact) mass is 449 g/mol. The molecule has 1 saturated carbocycles. The Kier molecular flexibility index (Phi) is 6.28. The molecule has 8 heteroatoms. The molecule has 4 rings (SSSR count). The molecule has 5 nitrogen and oxygen atoms in total. The second-order valence-electron chi connectivity index (χ2n) is 7.48. The molecule has 29 heavy (non-hydrogen) atoms. The molecule has 1 atom stereocenters. The average Bonchev–Trinajstić information content (AvgIpc) is 3.20. The zero-order chi connectivity index (χ0) is 20.4. The number of hydrogen-bond donors (Lipinski definition) is 1. The molecule has 1 unspecified atom stereocenters. The molecule has 0 radical (unpaired) electrons. The first-order chi connectivity index (χ1) is 14.0. The van der Waals surface area contributed by atoms with Gasteiger partial charge >= 0.3 is 0 Å². The largest absolute Gasteiger partial charge is 0.371 e. The van der Waals surface area contributed by atoms with E-state index >= 15 is 0 Å². The molecule has 1 heterocycles. The normalized spacial score (nSPS) is 16.0. The summed E-state index contributed by atoms with van der Waals surface area (Å²) in [5.41, 5.74) is 2.75. The molecule has 1 fully saturated rings. The maximum Gasteiger partial charge on any atom is 0.178 e. The van der Waals surface area contributed by atoms with Crippen LogP contribution in [0.25, 0.3) is 0 Å². The molecule has 0 amide bonds. The van der Waals surface area contributed by atoms with Crippen molar-refractivity contribution in [3.05, 3.63) is 68.4 Å². The Morgan fingerprint density at radius 3 is 2.52 bits per heavy atom. The van der Waals surface area contributed by atoms with Crippen molar-refractivity contribution in [3.8, 4) is 0 Å². The number of rotatable bonds is 5. The smallest absolute Gasteiger partial charge is 0.178 e. The van der Waals surface area contributed by atoms with E-state index in [9.17, 15) is 0 Å². The van der Waals surface area contributed by atoms with Gasteiger partial charge in [-0.05, 0) is 60.0 Å². The van der Waals surface area contributed by atoms with E-state index in [1.807, 2.05) is 41.9 Å². The lowest BCUT2D eigenvalue weighted by Gasteiger charge is -2.26. The third-order valence-corrected chi connectivity index (χ3v) is 6.42. The minimum absolute atomic E-state index is 0.297. The van der Waals surface area contributed by atoms with E-state index < -0.39 is 0 Å². The maximum atomic E-state index is 6.57. The number of anilines is 1. The fraction of sp³-hybridized carbons (Fsp3) is 0.381. The van der Waals surface area contributed by atoms with Gasteiger partial charge in [0, 0.05) is 26.3 Å². The van der Waals surface area contributed by atoms with Crippen molar-refractivity contribution < 1.29 is 0 Å². The quantitative estimate of drug-likeness (QED) is 0.473. The summed E-state index contributed by atoms with van der Waals surface area (Å²) >= 11 is 19.0. The second-order valence-corrected chi connectivity index (χ2v) is 8.73. The van der Waals surface area contributed by atoms with Crippen molar-refractivity contribution in [1.82, 2.24) is 20.2 Å². The number of nitrogens with one attached hydrogen (secondary N) is 1. The lowest BCUT2D eigenvalue weighted by molar-refractivity contribution is 0.315. The summed E-state index contributed by atoms with van der Waals surface area (Å²) < 4.78 is 1.96. The number of nitrogens with zero attached hydrogens (tertiary/aromatic N) is 4. The number of hydrogen-bond acceptors (Lipinski definition) is 4. The van der Waals surface area contributed by atoms with E-state index in [0.717, 1.165) is 35.5 Å². The van der Waals surface area contributed by atoms with E-state index in [4.69, 9.17) is 34.8 Å². The number of aryl methyl sites for hydroxylation is 1. The van der Waals surface area contributed by atoms with Gasteiger partial charge in [0.15, 0.2) is 5.82 Å². The highest BCUT2D eigenvalue weighted by Gasteiger charge is 2.28. The van der Waals surface area contributed by atoms with Crippen molar-refractivity contribution in [2.24, 2.45) is 0 Å². The fourth-order valence-corrected chi connectivity index (χ4v) is 4.54. The zero-order valence-electron chi connectivity index (χ0n) is 16.1. The molecule has 3 aromatic rings. The average molecular weight is 451 g/mol. The topological polar surface area (TPSA) is 55.6 Å². The van der Waals surface area contributed by atoms with Crippen LogP contribution in [0.3, 0.4) is 0 Å². The molecule has 1 aromatic heterocycles. The van der Waals surface area contributed by atoms with Crippen LogP contribution in [0, 0.1) is 6.92 Å². The fourth-order valence-electron chi connectivity index (χ4n) is 3.84. The molecule has 0 bridgehead atoms. The zero-order valence-corrected chi connectivity index (χ0v) is 18.3. The first-order valence-electron chi connectivity index (χ1n) is 9.78. The van der Waals surface area contributed by atoms with Crippen molar-refractivity contribution >= 4 is 40.5 Å². The molecule has 152 valence electrons. The number of halogens is 3. The van der Waals surface area contributed by atoms with E-state index in [0.29, 0.717) is 21.1 Å². The van der Waals surface area contributed by atoms with Gasteiger partial charge in [0.2, 0.25) is 0 Å².